The SMILES string of the molecule is Cc1cccc(C)c1-c1cc2c(-c3cc(-c4ccccc4)cc(N(c4cccc(-c5nccn5C)c4)c4ccccc4-c4ccccc4)c3)nccc2o1. The first-order chi connectivity index (χ1) is 26.5. The molecule has 9 rings (SSSR count). The molecule has 0 saturated heterocycles. The van der Waals surface area contributed by atoms with Crippen LogP contribution in [0.5, 0.6) is 0 Å². The van der Waals surface area contributed by atoms with Crippen LogP contribution in [0, 0.1) is 13.8 Å². The van der Waals surface area contributed by atoms with Crippen LogP contribution in [-0.2, 0) is 7.05 Å². The molecule has 260 valence electrons. The van der Waals surface area contributed by atoms with Gasteiger partial charge < -0.3 is 13.9 Å². The number of aromatic nitrogens is 3. The second kappa shape index (κ2) is 13.9. The number of imidazole rings is 1. The van der Waals surface area contributed by atoms with E-state index in [-0.39, 0.29) is 0 Å². The number of hydrogen-bond acceptors (Lipinski definition) is 4. The fourth-order valence-corrected chi connectivity index (χ4v) is 7.58. The van der Waals surface area contributed by atoms with Crippen LogP contribution in [0.4, 0.5) is 17.1 Å². The van der Waals surface area contributed by atoms with Gasteiger partial charge in [-0.1, -0.05) is 109 Å². The van der Waals surface area contributed by atoms with Crippen molar-refractivity contribution in [3.8, 4) is 56.2 Å². The maximum absolute atomic E-state index is 6.57. The lowest BCUT2D eigenvalue weighted by Crippen LogP contribution is -2.12. The highest BCUT2D eigenvalue weighted by atomic mass is 16.3. The average molecular weight is 699 g/mol. The van der Waals surface area contributed by atoms with Gasteiger partial charge in [-0.05, 0) is 90.2 Å². The zero-order valence-corrected chi connectivity index (χ0v) is 30.4. The summed E-state index contributed by atoms with van der Waals surface area (Å²) in [7, 11) is 2.03. The molecule has 0 saturated carbocycles. The minimum absolute atomic E-state index is 0.804. The molecule has 54 heavy (non-hydrogen) atoms. The zero-order chi connectivity index (χ0) is 36.6. The van der Waals surface area contributed by atoms with Crippen LogP contribution in [0.25, 0.3) is 67.2 Å². The normalized spacial score (nSPS) is 11.2. The summed E-state index contributed by atoms with van der Waals surface area (Å²) in [5.74, 6) is 1.75. The molecule has 5 nitrogen and oxygen atoms in total. The van der Waals surface area contributed by atoms with Crippen molar-refractivity contribution >= 4 is 28.0 Å². The van der Waals surface area contributed by atoms with Crippen molar-refractivity contribution in [2.24, 2.45) is 7.05 Å². The van der Waals surface area contributed by atoms with Crippen LogP contribution < -0.4 is 4.90 Å². The van der Waals surface area contributed by atoms with Gasteiger partial charge in [-0.15, -0.1) is 0 Å². The molecule has 3 aromatic heterocycles. The number of para-hydroxylation sites is 1. The Morgan fingerprint density at radius 1 is 0.537 bits per heavy atom. The van der Waals surface area contributed by atoms with E-state index < -0.39 is 0 Å². The van der Waals surface area contributed by atoms with Crippen molar-refractivity contribution < 1.29 is 4.42 Å². The maximum atomic E-state index is 6.57. The van der Waals surface area contributed by atoms with Crippen LogP contribution >= 0.6 is 0 Å². The largest absolute Gasteiger partial charge is 0.456 e. The molecule has 3 heterocycles. The molecule has 0 fully saturated rings. The quantitative estimate of drug-likeness (QED) is 0.158. The van der Waals surface area contributed by atoms with Crippen LogP contribution in [0.2, 0.25) is 0 Å². The molecule has 5 heteroatoms. The Kier molecular flexibility index (Phi) is 8.45. The number of furan rings is 1. The van der Waals surface area contributed by atoms with E-state index in [1.165, 1.54) is 11.1 Å². The summed E-state index contributed by atoms with van der Waals surface area (Å²) >= 11 is 0. The van der Waals surface area contributed by atoms with Crippen molar-refractivity contribution in [1.29, 1.82) is 0 Å². The lowest BCUT2D eigenvalue weighted by atomic mass is 9.96. The van der Waals surface area contributed by atoms with E-state index in [0.717, 1.165) is 84.3 Å². The Bertz CT molecular complexity index is 2740. The first kappa shape index (κ1) is 32.9. The zero-order valence-electron chi connectivity index (χ0n) is 30.4. The number of fused-ring (bicyclic) bond motifs is 1. The Morgan fingerprint density at radius 3 is 1.96 bits per heavy atom. The third-order valence-corrected chi connectivity index (χ3v) is 10.1. The molecule has 0 aliphatic heterocycles. The molecule has 0 N–H and O–H groups in total. The van der Waals surface area contributed by atoms with Gasteiger partial charge in [-0.25, -0.2) is 4.98 Å². The van der Waals surface area contributed by atoms with Gasteiger partial charge in [0.2, 0.25) is 0 Å². The molecule has 0 bridgehead atoms. The van der Waals surface area contributed by atoms with Gasteiger partial charge in [-0.2, -0.15) is 0 Å². The molecule has 6 aromatic carbocycles. The predicted molar refractivity (Wildman–Crippen MR) is 222 cm³/mol. The van der Waals surface area contributed by atoms with E-state index >= 15 is 0 Å². The van der Waals surface area contributed by atoms with E-state index in [4.69, 9.17) is 14.4 Å². The third kappa shape index (κ3) is 6.06. The Morgan fingerprint density at radius 2 is 1.20 bits per heavy atom. The molecule has 0 radical (unpaired) electrons. The highest BCUT2D eigenvalue weighted by Gasteiger charge is 2.22. The van der Waals surface area contributed by atoms with Crippen LogP contribution in [-0.4, -0.2) is 14.5 Å². The smallest absolute Gasteiger partial charge is 0.139 e. The third-order valence-electron chi connectivity index (χ3n) is 10.1. The van der Waals surface area contributed by atoms with Crippen molar-refractivity contribution in [3.63, 3.8) is 0 Å². The second-order valence-electron chi connectivity index (χ2n) is 13.7. The molecule has 0 amide bonds. The first-order valence-corrected chi connectivity index (χ1v) is 18.2. The predicted octanol–water partition coefficient (Wildman–Crippen LogP) is 13.0. The number of benzene rings is 6. The lowest BCUT2D eigenvalue weighted by molar-refractivity contribution is 0.630. The van der Waals surface area contributed by atoms with Crippen molar-refractivity contribution in [3.05, 3.63) is 187 Å². The van der Waals surface area contributed by atoms with E-state index in [1.807, 2.05) is 31.7 Å². The number of nitrogens with zero attached hydrogens (tertiary/aromatic N) is 4. The topological polar surface area (TPSA) is 47.1 Å². The average Bonchev–Trinajstić information content (AvgIpc) is 3.85. The first-order valence-electron chi connectivity index (χ1n) is 18.2. The number of aryl methyl sites for hydroxylation is 3. The Hall–Kier alpha value is -6.98. The summed E-state index contributed by atoms with van der Waals surface area (Å²) in [6.45, 7) is 4.27. The van der Waals surface area contributed by atoms with Gasteiger partial charge in [0.25, 0.3) is 0 Å². The molecule has 0 spiro atoms. The molecule has 9 aromatic rings. The fraction of sp³-hybridized carbons (Fsp3) is 0.0612. The van der Waals surface area contributed by atoms with Crippen LogP contribution in [0.3, 0.4) is 0 Å². The van der Waals surface area contributed by atoms with Crippen LogP contribution in [0.1, 0.15) is 11.1 Å². The standard InChI is InChI=1S/C49H38N4O/c1-33-14-12-15-34(2)47(33)46-32-43-45(54-46)24-25-50-48(43)39-28-38(35-16-6-4-7-17-35)30-41(31-39)53(40-21-13-20-37(29-40)49-51-26-27-52(49)3)44-23-11-10-22-42(44)36-18-8-5-9-19-36/h4-32H,1-3H3. The number of pyridine rings is 1. The van der Waals surface area contributed by atoms with E-state index in [0.29, 0.717) is 0 Å². The number of hydrogen-bond donors (Lipinski definition) is 0. The summed E-state index contributed by atoms with van der Waals surface area (Å²) < 4.78 is 8.63. The Labute approximate surface area is 315 Å². The van der Waals surface area contributed by atoms with Gasteiger partial charge >= 0.3 is 0 Å². The van der Waals surface area contributed by atoms with Crippen molar-refractivity contribution in [2.75, 3.05) is 4.90 Å². The summed E-state index contributed by atoms with van der Waals surface area (Å²) in [4.78, 5) is 12.1. The molecule has 0 unspecified atom stereocenters. The van der Waals surface area contributed by atoms with Gasteiger partial charge in [0.15, 0.2) is 0 Å². The Balaban J connectivity index is 1.30. The minimum atomic E-state index is 0.804. The minimum Gasteiger partial charge on any atom is -0.456 e. The van der Waals surface area contributed by atoms with Crippen molar-refractivity contribution in [1.82, 2.24) is 14.5 Å². The lowest BCUT2D eigenvalue weighted by Gasteiger charge is -2.29. The highest BCUT2D eigenvalue weighted by Crippen LogP contribution is 2.45. The van der Waals surface area contributed by atoms with E-state index in [1.54, 1.807) is 0 Å². The second-order valence-corrected chi connectivity index (χ2v) is 13.7. The van der Waals surface area contributed by atoms with Gasteiger partial charge in [0.05, 0.1) is 11.4 Å². The number of rotatable bonds is 8. The van der Waals surface area contributed by atoms with Gasteiger partial charge in [0, 0.05) is 64.7 Å². The maximum Gasteiger partial charge on any atom is 0.139 e. The monoisotopic (exact) mass is 698 g/mol. The summed E-state index contributed by atoms with van der Waals surface area (Å²) in [5, 5.41) is 0.972. The summed E-state index contributed by atoms with van der Waals surface area (Å²) in [6, 6.07) is 55.7. The molecular weight excluding hydrogens is 661 g/mol. The molecular formula is C49H38N4O. The summed E-state index contributed by atoms with van der Waals surface area (Å²) in [5.41, 5.74) is 14.7. The van der Waals surface area contributed by atoms with E-state index in [9.17, 15) is 0 Å². The van der Waals surface area contributed by atoms with Crippen LogP contribution in [0.15, 0.2) is 181 Å². The number of anilines is 3. The fourth-order valence-electron chi connectivity index (χ4n) is 7.58. The molecule has 0 atom stereocenters. The highest BCUT2D eigenvalue weighted by molar-refractivity contribution is 5.98. The van der Waals surface area contributed by atoms with Gasteiger partial charge in [0.1, 0.15) is 17.2 Å². The summed E-state index contributed by atoms with van der Waals surface area (Å²) in [6.07, 6.45) is 5.67. The molecule has 0 aliphatic rings. The van der Waals surface area contributed by atoms with E-state index in [2.05, 4.69) is 175 Å². The van der Waals surface area contributed by atoms with Gasteiger partial charge in [-0.3, -0.25) is 4.98 Å². The van der Waals surface area contributed by atoms with Crippen molar-refractivity contribution in [2.45, 2.75) is 13.8 Å². The molecule has 0 aliphatic carbocycles.